The molecule has 86 valence electrons. The van der Waals surface area contributed by atoms with Gasteiger partial charge in [-0.25, -0.2) is 0 Å². The molecular formula is C9H22N2O3. The lowest BCUT2D eigenvalue weighted by atomic mass is 10.6. The van der Waals surface area contributed by atoms with E-state index >= 15 is 0 Å². The minimum Gasteiger partial charge on any atom is -0.378 e. The molecule has 0 heterocycles. The first-order chi connectivity index (χ1) is 7.41. The molecule has 0 amide bonds. The average molecular weight is 208 g/mol. The van der Waals surface area contributed by atoms with E-state index in [-0.39, 0.29) is 0 Å². The van der Waals surface area contributed by atoms with Crippen molar-refractivity contribution >= 4 is 0 Å². The Morgan fingerprint density at radius 1 is 1.00 bits per heavy atom. The molecule has 0 bridgehead atoms. The Bertz CT molecular complexity index is 108. The highest BCUT2D eigenvalue weighted by Gasteiger charge is 1.90. The van der Waals surface area contributed by atoms with Crippen molar-refractivity contribution in [1.29, 1.82) is 0 Å². The summed E-state index contributed by atoms with van der Waals surface area (Å²) in [4.78, 5) is 0. The zero-order valence-corrected chi connectivity index (χ0v) is 8.88. The highest BCUT2D eigenvalue weighted by Crippen LogP contribution is 1.80. The maximum Gasteiger partial charge on any atom is 0.118 e. The summed E-state index contributed by atoms with van der Waals surface area (Å²) in [5.74, 6) is 0. The van der Waals surface area contributed by atoms with Crippen molar-refractivity contribution in [2.24, 2.45) is 5.73 Å². The molecular weight excluding hydrogens is 184 g/mol. The third-order valence-electron chi connectivity index (χ3n) is 1.49. The molecule has 14 heavy (non-hydrogen) atoms. The van der Waals surface area contributed by atoms with Crippen molar-refractivity contribution in [2.75, 3.05) is 59.8 Å². The number of ether oxygens (including phenoxy) is 3. The minimum absolute atomic E-state index is 0.547. The first kappa shape index (κ1) is 11.9. The van der Waals surface area contributed by atoms with E-state index in [1.807, 2.05) is 7.05 Å². The van der Waals surface area contributed by atoms with Gasteiger partial charge in [0.05, 0.1) is 39.6 Å². The fourth-order valence-corrected chi connectivity index (χ4v) is 0.788. The lowest BCUT2D eigenvalue weighted by Gasteiger charge is -2.05. The second-order valence-corrected chi connectivity index (χ2v) is 2.69. The largest absolute Gasteiger partial charge is 0.378 e. The van der Waals surface area contributed by atoms with Crippen LogP contribution in [0.25, 0.3) is 0 Å². The molecule has 0 saturated heterocycles. The first-order valence-corrected chi connectivity index (χ1v) is 4.94. The van der Waals surface area contributed by atoms with Crippen LogP contribution in [0.5, 0.6) is 0 Å². The molecule has 0 atom stereocenters. The highest BCUT2D eigenvalue weighted by molar-refractivity contribution is 4.37. The molecule has 0 aromatic carbocycles. The van der Waals surface area contributed by atoms with Crippen molar-refractivity contribution in [1.82, 2.24) is 5.32 Å². The van der Waals surface area contributed by atoms with Crippen molar-refractivity contribution in [3.8, 4) is 0 Å². The maximum atomic E-state index is 6.65. The molecule has 0 aromatic rings. The van der Waals surface area contributed by atoms with Gasteiger partial charge in [-0.1, -0.05) is 0 Å². The minimum atomic E-state index is 0.547. The summed E-state index contributed by atoms with van der Waals surface area (Å²) in [7, 11) is 1.89. The second-order valence-electron chi connectivity index (χ2n) is 2.69. The molecule has 5 heteroatoms. The summed E-state index contributed by atoms with van der Waals surface area (Å²) in [6, 6.07) is 0. The quantitative estimate of drug-likeness (QED) is 0.412. The van der Waals surface area contributed by atoms with Gasteiger partial charge in [0.1, 0.15) is 1.41 Å². The summed E-state index contributed by atoms with van der Waals surface area (Å²) in [6.45, 7) is 5.04. The standard InChI is InChI=1S/C9H22N2O3/c1-11-3-5-13-7-9-14-8-6-12-4-2-10/h11H,2-10H2,1H3/i/hT. The van der Waals surface area contributed by atoms with E-state index in [0.29, 0.717) is 46.2 Å². The third kappa shape index (κ3) is 11.8. The number of hydrogen-bond acceptors (Lipinski definition) is 5. The number of nitrogens with two attached hydrogens (primary N) is 1. The molecule has 0 saturated carbocycles. The van der Waals surface area contributed by atoms with Gasteiger partial charge in [-0.15, -0.1) is 0 Å². The lowest BCUT2D eigenvalue weighted by molar-refractivity contribution is 0.0168. The van der Waals surface area contributed by atoms with E-state index in [1.54, 1.807) is 0 Å². The van der Waals surface area contributed by atoms with Crippen LogP contribution in [0, 0.1) is 0 Å². The Morgan fingerprint density at radius 3 is 2.14 bits per heavy atom. The van der Waals surface area contributed by atoms with Crippen LogP contribution in [0.15, 0.2) is 0 Å². The molecule has 0 aliphatic heterocycles. The van der Waals surface area contributed by atoms with Gasteiger partial charge in [-0.3, -0.25) is 0 Å². The molecule has 0 rings (SSSR count). The van der Waals surface area contributed by atoms with Crippen LogP contribution in [0.4, 0.5) is 0 Å². The Hall–Kier alpha value is -0.200. The van der Waals surface area contributed by atoms with Gasteiger partial charge in [0.2, 0.25) is 0 Å². The van der Waals surface area contributed by atoms with Crippen molar-refractivity contribution in [3.05, 3.63) is 0 Å². The number of rotatable bonds is 12. The topological polar surface area (TPSA) is 65.7 Å². The Labute approximate surface area is 87.4 Å². The van der Waals surface area contributed by atoms with Crippen molar-refractivity contribution in [2.45, 2.75) is 0 Å². The smallest absolute Gasteiger partial charge is 0.118 e. The zero-order chi connectivity index (χ0) is 11.2. The van der Waals surface area contributed by atoms with Gasteiger partial charge in [0.15, 0.2) is 0 Å². The van der Waals surface area contributed by atoms with E-state index in [9.17, 15) is 0 Å². The van der Waals surface area contributed by atoms with E-state index in [4.69, 9.17) is 15.6 Å². The second kappa shape index (κ2) is 12.8. The van der Waals surface area contributed by atoms with E-state index < -0.39 is 0 Å². The van der Waals surface area contributed by atoms with Gasteiger partial charge in [-0.05, 0) is 7.05 Å². The van der Waals surface area contributed by atoms with Crippen molar-refractivity contribution in [3.63, 3.8) is 0 Å². The van der Waals surface area contributed by atoms with Gasteiger partial charge >= 0.3 is 0 Å². The molecule has 3 N–H and O–H groups in total. The normalized spacial score (nSPS) is 11.6. The number of hydrogen-bond donors (Lipinski definition) is 2. The van der Waals surface area contributed by atoms with Gasteiger partial charge < -0.3 is 25.3 Å². The lowest BCUT2D eigenvalue weighted by Crippen LogP contribution is -2.17. The zero-order valence-electron chi connectivity index (χ0n) is 9.88. The van der Waals surface area contributed by atoms with E-state index in [2.05, 4.69) is 11.0 Å². The number of likely N-dealkylation sites (N-methyl/N-ethyl adjacent to an activating group) is 1. The summed E-state index contributed by atoms with van der Waals surface area (Å²) in [5, 5.41) is 2.99. The van der Waals surface area contributed by atoms with Crippen LogP contribution in [-0.2, 0) is 14.2 Å². The predicted molar refractivity (Wildman–Crippen MR) is 55.4 cm³/mol. The monoisotopic (exact) mass is 208 g/mol. The predicted octanol–water partition coefficient (Wildman–Crippen LogP) is -0.786. The Morgan fingerprint density at radius 2 is 1.57 bits per heavy atom. The van der Waals surface area contributed by atoms with Gasteiger partial charge in [0, 0.05) is 13.1 Å². The molecule has 0 aromatic heterocycles. The summed E-state index contributed by atoms with van der Waals surface area (Å²) in [6.07, 6.45) is 0. The molecule has 0 aliphatic carbocycles. The Balaban J connectivity index is 2.81. The molecule has 0 fully saturated rings. The average Bonchev–Trinajstić information content (AvgIpc) is 2.26. The Kier molecular flexibility index (Phi) is 10.9. The van der Waals surface area contributed by atoms with Gasteiger partial charge in [0.25, 0.3) is 0 Å². The summed E-state index contributed by atoms with van der Waals surface area (Å²) >= 11 is 0. The number of nitrogens with one attached hydrogen (secondary N) is 1. The molecule has 5 nitrogen and oxygen atoms in total. The van der Waals surface area contributed by atoms with Crippen LogP contribution < -0.4 is 11.0 Å². The molecule has 0 unspecified atom stereocenters. The fourth-order valence-electron chi connectivity index (χ4n) is 0.788. The SMILES string of the molecule is [3H]NCCOCCOCCOCCNC. The molecule has 0 spiro atoms. The summed E-state index contributed by atoms with van der Waals surface area (Å²) in [5.41, 5.74) is 2.26. The van der Waals surface area contributed by atoms with Crippen LogP contribution in [-0.4, -0.2) is 59.8 Å². The van der Waals surface area contributed by atoms with Crippen molar-refractivity contribution < 1.29 is 15.6 Å². The maximum absolute atomic E-state index is 6.65. The molecule has 0 radical (unpaired) electrons. The van der Waals surface area contributed by atoms with Crippen LogP contribution in [0.1, 0.15) is 0 Å². The van der Waals surface area contributed by atoms with Gasteiger partial charge in [-0.2, -0.15) is 0 Å². The van der Waals surface area contributed by atoms with E-state index in [1.165, 1.54) is 0 Å². The third-order valence-corrected chi connectivity index (χ3v) is 1.49. The summed E-state index contributed by atoms with van der Waals surface area (Å²) < 4.78 is 22.3. The van der Waals surface area contributed by atoms with Crippen LogP contribution in [0.2, 0.25) is 1.41 Å². The molecule has 0 aliphatic rings. The van der Waals surface area contributed by atoms with Crippen LogP contribution >= 0.6 is 0 Å². The highest BCUT2D eigenvalue weighted by atomic mass is 16.5. The van der Waals surface area contributed by atoms with Crippen LogP contribution in [0.3, 0.4) is 0 Å². The first-order valence-electron chi connectivity index (χ1n) is 5.44. The fraction of sp³-hybridized carbons (Fsp3) is 1.00. The van der Waals surface area contributed by atoms with E-state index in [0.717, 1.165) is 6.54 Å².